The van der Waals surface area contributed by atoms with Crippen molar-refractivity contribution in [2.24, 2.45) is 0 Å². The summed E-state index contributed by atoms with van der Waals surface area (Å²) in [5.74, 6) is -0.173. The minimum absolute atomic E-state index is 0.127. The maximum Gasteiger partial charge on any atom is 0.349 e. The lowest BCUT2D eigenvalue weighted by molar-refractivity contribution is -0.385. The number of carbonyl (C=O) groups is 1. The second-order valence-corrected chi connectivity index (χ2v) is 5.56. The van der Waals surface area contributed by atoms with Crippen molar-refractivity contribution >= 4 is 28.3 Å². The third-order valence-electron chi connectivity index (χ3n) is 3.85. The van der Waals surface area contributed by atoms with Crippen molar-refractivity contribution in [3.63, 3.8) is 0 Å². The molecule has 0 aliphatic carbocycles. The number of benzene rings is 2. The maximum absolute atomic E-state index is 12.4. The van der Waals surface area contributed by atoms with E-state index in [1.165, 1.54) is 31.4 Å². The van der Waals surface area contributed by atoms with Gasteiger partial charge in [-0.3, -0.25) is 14.9 Å². The van der Waals surface area contributed by atoms with Gasteiger partial charge >= 0.3 is 5.63 Å². The smallest absolute Gasteiger partial charge is 0.349 e. The van der Waals surface area contributed by atoms with E-state index in [1.54, 1.807) is 25.1 Å². The number of hydrogen-bond acceptors (Lipinski definition) is 6. The van der Waals surface area contributed by atoms with E-state index in [4.69, 9.17) is 9.15 Å². The third kappa shape index (κ3) is 3.25. The van der Waals surface area contributed by atoms with Crippen molar-refractivity contribution in [2.45, 2.75) is 6.92 Å². The highest BCUT2D eigenvalue weighted by molar-refractivity contribution is 6.05. The molecule has 0 atom stereocenters. The van der Waals surface area contributed by atoms with Crippen molar-refractivity contribution in [1.29, 1.82) is 0 Å². The number of aryl methyl sites for hydroxylation is 1. The van der Waals surface area contributed by atoms with Crippen LogP contribution < -0.4 is 15.7 Å². The third-order valence-corrected chi connectivity index (χ3v) is 3.85. The molecule has 132 valence electrons. The molecule has 0 bridgehead atoms. The normalized spacial score (nSPS) is 10.5. The molecule has 0 fully saturated rings. The van der Waals surface area contributed by atoms with Crippen molar-refractivity contribution < 1.29 is 18.9 Å². The number of ether oxygens (including phenoxy) is 1. The van der Waals surface area contributed by atoms with Gasteiger partial charge in [-0.2, -0.15) is 0 Å². The van der Waals surface area contributed by atoms with Gasteiger partial charge in [-0.25, -0.2) is 4.79 Å². The summed E-state index contributed by atoms with van der Waals surface area (Å²) in [5.41, 5.74) is -0.157. The molecule has 2 aromatic carbocycles. The molecule has 0 aliphatic heterocycles. The van der Waals surface area contributed by atoms with Gasteiger partial charge in [0, 0.05) is 22.7 Å². The number of fused-ring (bicyclic) bond motifs is 1. The number of rotatable bonds is 4. The van der Waals surface area contributed by atoms with Gasteiger partial charge in [0.05, 0.1) is 12.0 Å². The molecule has 1 heterocycles. The fourth-order valence-corrected chi connectivity index (χ4v) is 2.47. The van der Waals surface area contributed by atoms with E-state index >= 15 is 0 Å². The van der Waals surface area contributed by atoms with E-state index < -0.39 is 16.5 Å². The number of amides is 1. The lowest BCUT2D eigenvalue weighted by Crippen LogP contribution is -2.20. The van der Waals surface area contributed by atoms with E-state index in [0.717, 1.165) is 0 Å². The minimum atomic E-state index is -0.804. The Morgan fingerprint density at radius 2 is 1.96 bits per heavy atom. The highest BCUT2D eigenvalue weighted by Crippen LogP contribution is 2.23. The molecule has 8 heteroatoms. The Hall–Kier alpha value is -3.68. The standard InChI is InChI=1S/C18H14N2O6/c1-10-3-4-12(9-15(10)20(23)24)19-17(21)14-8-11-7-13(25-2)5-6-16(11)26-18(14)22/h3-9H,1-2H3,(H,19,21). The molecule has 0 radical (unpaired) electrons. The second-order valence-electron chi connectivity index (χ2n) is 5.56. The van der Waals surface area contributed by atoms with Crippen LogP contribution in [0.2, 0.25) is 0 Å². The van der Waals surface area contributed by atoms with Crippen LogP contribution in [0, 0.1) is 17.0 Å². The first-order valence-electron chi connectivity index (χ1n) is 7.57. The molecule has 8 nitrogen and oxygen atoms in total. The van der Waals surface area contributed by atoms with Gasteiger partial charge in [-0.05, 0) is 37.3 Å². The Labute approximate surface area is 147 Å². The first kappa shape index (κ1) is 17.2. The molecule has 0 saturated heterocycles. The van der Waals surface area contributed by atoms with Crippen LogP contribution in [0.5, 0.6) is 5.75 Å². The lowest BCUT2D eigenvalue weighted by atomic mass is 10.1. The molecule has 0 saturated carbocycles. The largest absolute Gasteiger partial charge is 0.497 e. The topological polar surface area (TPSA) is 112 Å². The van der Waals surface area contributed by atoms with Gasteiger partial charge in [-0.1, -0.05) is 6.07 Å². The summed E-state index contributed by atoms with van der Waals surface area (Å²) in [7, 11) is 1.50. The average Bonchev–Trinajstić information content (AvgIpc) is 2.62. The summed E-state index contributed by atoms with van der Waals surface area (Å²) in [6.45, 7) is 1.59. The zero-order valence-corrected chi connectivity index (χ0v) is 13.9. The van der Waals surface area contributed by atoms with Crippen molar-refractivity contribution in [1.82, 2.24) is 0 Å². The van der Waals surface area contributed by atoms with E-state index in [1.807, 2.05) is 0 Å². The molecular weight excluding hydrogens is 340 g/mol. The van der Waals surface area contributed by atoms with Gasteiger partial charge < -0.3 is 14.5 Å². The molecule has 0 unspecified atom stereocenters. The monoisotopic (exact) mass is 354 g/mol. The van der Waals surface area contributed by atoms with Gasteiger partial charge in [0.25, 0.3) is 11.6 Å². The number of nitro benzene ring substituents is 1. The van der Waals surface area contributed by atoms with E-state index in [2.05, 4.69) is 5.32 Å². The Kier molecular flexibility index (Phi) is 4.40. The number of nitro groups is 1. The van der Waals surface area contributed by atoms with Crippen LogP contribution in [0.3, 0.4) is 0 Å². The van der Waals surface area contributed by atoms with Crippen LogP contribution in [0.1, 0.15) is 15.9 Å². The Morgan fingerprint density at radius 3 is 2.65 bits per heavy atom. The van der Waals surface area contributed by atoms with Gasteiger partial charge in [-0.15, -0.1) is 0 Å². The Bertz CT molecular complexity index is 1090. The van der Waals surface area contributed by atoms with Crippen molar-refractivity contribution in [3.05, 3.63) is 74.1 Å². The number of anilines is 1. The molecule has 1 aromatic heterocycles. The highest BCUT2D eigenvalue weighted by atomic mass is 16.6. The van der Waals surface area contributed by atoms with E-state index in [9.17, 15) is 19.7 Å². The molecule has 3 rings (SSSR count). The summed E-state index contributed by atoms with van der Waals surface area (Å²) in [6, 6.07) is 10.5. The minimum Gasteiger partial charge on any atom is -0.497 e. The highest BCUT2D eigenvalue weighted by Gasteiger charge is 2.17. The molecule has 0 aliphatic rings. The van der Waals surface area contributed by atoms with Crippen molar-refractivity contribution in [2.75, 3.05) is 12.4 Å². The van der Waals surface area contributed by atoms with E-state index in [0.29, 0.717) is 22.3 Å². The van der Waals surface area contributed by atoms with Crippen molar-refractivity contribution in [3.8, 4) is 5.75 Å². The number of methoxy groups -OCH3 is 1. The maximum atomic E-state index is 12.4. The Morgan fingerprint density at radius 1 is 1.19 bits per heavy atom. The summed E-state index contributed by atoms with van der Waals surface area (Å²) in [5, 5.41) is 14.0. The number of nitrogens with zero attached hydrogens (tertiary/aromatic N) is 1. The summed E-state index contributed by atoms with van der Waals surface area (Å²) < 4.78 is 10.3. The number of nitrogens with one attached hydrogen (secondary N) is 1. The SMILES string of the molecule is COc1ccc2oc(=O)c(C(=O)Nc3ccc(C)c([N+](=O)[O-])c3)cc2c1. The molecule has 1 amide bonds. The van der Waals surface area contributed by atoms with Crippen LogP contribution in [0.15, 0.2) is 51.7 Å². The summed E-state index contributed by atoms with van der Waals surface area (Å²) in [4.78, 5) is 35.0. The number of hydrogen-bond donors (Lipinski definition) is 1. The fourth-order valence-electron chi connectivity index (χ4n) is 2.47. The quantitative estimate of drug-likeness (QED) is 0.437. The van der Waals surface area contributed by atoms with Crippen LogP contribution in [0.25, 0.3) is 11.0 Å². The zero-order valence-electron chi connectivity index (χ0n) is 13.9. The van der Waals surface area contributed by atoms with Crippen LogP contribution >= 0.6 is 0 Å². The predicted molar refractivity (Wildman–Crippen MR) is 94.8 cm³/mol. The molecule has 1 N–H and O–H groups in total. The predicted octanol–water partition coefficient (Wildman–Crippen LogP) is 3.27. The Balaban J connectivity index is 1.97. The lowest BCUT2D eigenvalue weighted by Gasteiger charge is -2.07. The molecule has 3 aromatic rings. The molecular formula is C18H14N2O6. The zero-order chi connectivity index (χ0) is 18.8. The number of carbonyl (C=O) groups excluding carboxylic acids is 1. The second kappa shape index (κ2) is 6.67. The van der Waals surface area contributed by atoms with Gasteiger partial charge in [0.15, 0.2) is 0 Å². The fraction of sp³-hybridized carbons (Fsp3) is 0.111. The first-order chi connectivity index (χ1) is 12.4. The molecule has 0 spiro atoms. The van der Waals surface area contributed by atoms with Crippen LogP contribution in [-0.2, 0) is 0 Å². The summed E-state index contributed by atoms with van der Waals surface area (Å²) in [6.07, 6.45) is 0. The van der Waals surface area contributed by atoms with Crippen LogP contribution in [-0.4, -0.2) is 17.9 Å². The van der Waals surface area contributed by atoms with E-state index in [-0.39, 0.29) is 16.9 Å². The summed E-state index contributed by atoms with van der Waals surface area (Å²) >= 11 is 0. The molecule has 26 heavy (non-hydrogen) atoms. The van der Waals surface area contributed by atoms with Crippen LogP contribution in [0.4, 0.5) is 11.4 Å². The van der Waals surface area contributed by atoms with Gasteiger partial charge in [0.2, 0.25) is 0 Å². The van der Waals surface area contributed by atoms with Gasteiger partial charge in [0.1, 0.15) is 16.9 Å². The first-order valence-corrected chi connectivity index (χ1v) is 7.57. The average molecular weight is 354 g/mol.